The quantitative estimate of drug-likeness (QED) is 0.569. The van der Waals surface area contributed by atoms with E-state index in [2.05, 4.69) is 6.07 Å². The Balaban J connectivity index is 2.01. The van der Waals surface area contributed by atoms with Crippen molar-refractivity contribution in [2.75, 3.05) is 32.9 Å². The summed E-state index contributed by atoms with van der Waals surface area (Å²) >= 11 is 0. The van der Waals surface area contributed by atoms with Crippen LogP contribution in [0.5, 0.6) is 5.75 Å². The zero-order chi connectivity index (χ0) is 19.3. The average Bonchev–Trinajstić information content (AvgIpc) is 2.72. The predicted octanol–water partition coefficient (Wildman–Crippen LogP) is 3.70. The lowest BCUT2D eigenvalue weighted by Crippen LogP contribution is -2.33. The largest absolute Gasteiger partial charge is 0.491 e. The number of nitrogens with zero attached hydrogens (tertiary/aromatic N) is 2. The fourth-order valence-electron chi connectivity index (χ4n) is 2.67. The summed E-state index contributed by atoms with van der Waals surface area (Å²) in [5.41, 5.74) is 1.73. The predicted molar refractivity (Wildman–Crippen MR) is 105 cm³/mol. The summed E-state index contributed by atoms with van der Waals surface area (Å²) in [5.74, 6) is 0.556. The Morgan fingerprint density at radius 2 is 1.89 bits per heavy atom. The number of rotatable bonds is 11. The van der Waals surface area contributed by atoms with Gasteiger partial charge in [-0.25, -0.2) is 0 Å². The molecular weight excluding hydrogens is 340 g/mol. The van der Waals surface area contributed by atoms with Gasteiger partial charge in [0.2, 0.25) is 0 Å². The van der Waals surface area contributed by atoms with Gasteiger partial charge in [-0.2, -0.15) is 5.26 Å². The Morgan fingerprint density at radius 1 is 1.07 bits per heavy atom. The summed E-state index contributed by atoms with van der Waals surface area (Å²) < 4.78 is 10.9. The van der Waals surface area contributed by atoms with Crippen LogP contribution in [0.3, 0.4) is 0 Å². The molecule has 5 nitrogen and oxygen atoms in total. The lowest BCUT2D eigenvalue weighted by molar-refractivity contribution is 0.0760. The Kier molecular flexibility index (Phi) is 8.88. The van der Waals surface area contributed by atoms with Crippen molar-refractivity contribution in [2.45, 2.75) is 19.8 Å². The molecule has 0 atom stereocenters. The zero-order valence-electron chi connectivity index (χ0n) is 15.8. The van der Waals surface area contributed by atoms with E-state index in [9.17, 15) is 4.79 Å². The van der Waals surface area contributed by atoms with Crippen molar-refractivity contribution < 1.29 is 14.3 Å². The highest BCUT2D eigenvalue weighted by atomic mass is 16.5. The van der Waals surface area contributed by atoms with E-state index in [0.29, 0.717) is 50.6 Å². The van der Waals surface area contributed by atoms with Gasteiger partial charge in [-0.15, -0.1) is 0 Å². The molecule has 0 aliphatic heterocycles. The Labute approximate surface area is 161 Å². The number of carbonyl (C=O) groups is 1. The zero-order valence-corrected chi connectivity index (χ0v) is 15.8. The third-order valence-corrected chi connectivity index (χ3v) is 4.08. The van der Waals surface area contributed by atoms with E-state index < -0.39 is 0 Å². The maximum absolute atomic E-state index is 12.9. The summed E-state index contributed by atoms with van der Waals surface area (Å²) in [6.07, 6.45) is 1.06. The SMILES string of the molecule is CCOCCOc1cccc(C(=O)N(CCC#N)CCc2ccccc2)c1. The lowest BCUT2D eigenvalue weighted by Gasteiger charge is -2.22. The number of ether oxygens (including phenoxy) is 2. The molecule has 1 amide bonds. The van der Waals surface area contributed by atoms with Crippen LogP contribution >= 0.6 is 0 Å². The molecule has 0 saturated heterocycles. The molecule has 0 saturated carbocycles. The lowest BCUT2D eigenvalue weighted by atomic mass is 10.1. The van der Waals surface area contributed by atoms with Crippen molar-refractivity contribution in [2.24, 2.45) is 0 Å². The van der Waals surface area contributed by atoms with Gasteiger partial charge in [-0.1, -0.05) is 36.4 Å². The second-order valence-corrected chi connectivity index (χ2v) is 6.01. The highest BCUT2D eigenvalue weighted by molar-refractivity contribution is 5.94. The van der Waals surface area contributed by atoms with Crippen LogP contribution in [-0.2, 0) is 11.2 Å². The molecule has 0 N–H and O–H groups in total. The molecule has 2 aromatic carbocycles. The van der Waals surface area contributed by atoms with E-state index >= 15 is 0 Å². The van der Waals surface area contributed by atoms with Crippen LogP contribution in [0.25, 0.3) is 0 Å². The molecule has 0 aliphatic rings. The number of amides is 1. The fraction of sp³-hybridized carbons (Fsp3) is 0.364. The van der Waals surface area contributed by atoms with Crippen molar-refractivity contribution in [1.29, 1.82) is 5.26 Å². The summed E-state index contributed by atoms with van der Waals surface area (Å²) in [5, 5.41) is 8.92. The molecule has 0 unspecified atom stereocenters. The van der Waals surface area contributed by atoms with Crippen LogP contribution in [0.4, 0.5) is 0 Å². The standard InChI is InChI=1S/C22H26N2O3/c1-2-26-16-17-27-21-11-6-10-20(18-21)22(25)24(14-7-13-23)15-12-19-8-4-3-5-9-19/h3-6,8-11,18H,2,7,12,14-17H2,1H3. The number of benzene rings is 2. The van der Waals surface area contributed by atoms with Crippen molar-refractivity contribution in [3.8, 4) is 11.8 Å². The second-order valence-electron chi connectivity index (χ2n) is 6.01. The minimum absolute atomic E-state index is 0.0866. The molecular formula is C22H26N2O3. The molecule has 2 aromatic rings. The number of nitriles is 1. The molecule has 27 heavy (non-hydrogen) atoms. The highest BCUT2D eigenvalue weighted by Gasteiger charge is 2.16. The molecule has 5 heteroatoms. The Bertz CT molecular complexity index is 741. The highest BCUT2D eigenvalue weighted by Crippen LogP contribution is 2.16. The van der Waals surface area contributed by atoms with Gasteiger partial charge in [0, 0.05) is 25.3 Å². The second kappa shape index (κ2) is 11.7. The molecule has 2 rings (SSSR count). The molecule has 0 spiro atoms. The monoisotopic (exact) mass is 366 g/mol. The van der Waals surface area contributed by atoms with Crippen LogP contribution in [0.1, 0.15) is 29.3 Å². The number of carbonyl (C=O) groups excluding carboxylic acids is 1. The van der Waals surface area contributed by atoms with Crippen LogP contribution in [0.15, 0.2) is 54.6 Å². The Hall–Kier alpha value is -2.84. The smallest absolute Gasteiger partial charge is 0.254 e. The van der Waals surface area contributed by atoms with E-state index in [1.165, 1.54) is 5.56 Å². The van der Waals surface area contributed by atoms with Gasteiger partial charge < -0.3 is 14.4 Å². The molecule has 0 fully saturated rings. The minimum Gasteiger partial charge on any atom is -0.491 e. The van der Waals surface area contributed by atoms with E-state index in [1.54, 1.807) is 17.0 Å². The van der Waals surface area contributed by atoms with Gasteiger partial charge in [0.25, 0.3) is 5.91 Å². The topological polar surface area (TPSA) is 62.6 Å². The third kappa shape index (κ3) is 7.12. The van der Waals surface area contributed by atoms with Crippen molar-refractivity contribution in [1.82, 2.24) is 4.90 Å². The first-order chi connectivity index (χ1) is 13.2. The molecule has 0 heterocycles. The van der Waals surface area contributed by atoms with E-state index in [1.807, 2.05) is 49.4 Å². The molecule has 0 aliphatic carbocycles. The van der Waals surface area contributed by atoms with E-state index in [-0.39, 0.29) is 5.91 Å². The van der Waals surface area contributed by atoms with Gasteiger partial charge in [-0.05, 0) is 37.1 Å². The van der Waals surface area contributed by atoms with Crippen LogP contribution in [0.2, 0.25) is 0 Å². The first kappa shape index (κ1) is 20.5. The normalized spacial score (nSPS) is 10.2. The summed E-state index contributed by atoms with van der Waals surface area (Å²) in [6.45, 7) is 4.52. The van der Waals surface area contributed by atoms with Gasteiger partial charge in [0.1, 0.15) is 12.4 Å². The van der Waals surface area contributed by atoms with E-state index in [0.717, 1.165) is 6.42 Å². The Morgan fingerprint density at radius 3 is 2.63 bits per heavy atom. The minimum atomic E-state index is -0.0866. The van der Waals surface area contributed by atoms with Crippen molar-refractivity contribution in [3.63, 3.8) is 0 Å². The van der Waals surface area contributed by atoms with Gasteiger partial charge in [0.05, 0.1) is 19.1 Å². The van der Waals surface area contributed by atoms with Crippen LogP contribution in [0, 0.1) is 11.3 Å². The molecule has 0 aromatic heterocycles. The van der Waals surface area contributed by atoms with Gasteiger partial charge >= 0.3 is 0 Å². The molecule has 142 valence electrons. The average molecular weight is 366 g/mol. The third-order valence-electron chi connectivity index (χ3n) is 4.08. The maximum atomic E-state index is 12.9. The number of hydrogen-bond acceptors (Lipinski definition) is 4. The van der Waals surface area contributed by atoms with Crippen LogP contribution < -0.4 is 4.74 Å². The van der Waals surface area contributed by atoms with Crippen LogP contribution in [-0.4, -0.2) is 43.7 Å². The van der Waals surface area contributed by atoms with Crippen molar-refractivity contribution >= 4 is 5.91 Å². The van der Waals surface area contributed by atoms with Gasteiger partial charge in [-0.3, -0.25) is 4.79 Å². The first-order valence-electron chi connectivity index (χ1n) is 9.25. The summed E-state index contributed by atoms with van der Waals surface area (Å²) in [7, 11) is 0. The molecule has 0 radical (unpaired) electrons. The maximum Gasteiger partial charge on any atom is 0.254 e. The van der Waals surface area contributed by atoms with E-state index in [4.69, 9.17) is 14.7 Å². The molecule has 0 bridgehead atoms. The van der Waals surface area contributed by atoms with Crippen molar-refractivity contribution in [3.05, 3.63) is 65.7 Å². The fourth-order valence-corrected chi connectivity index (χ4v) is 2.67. The van der Waals surface area contributed by atoms with Gasteiger partial charge in [0.15, 0.2) is 0 Å². The number of hydrogen-bond donors (Lipinski definition) is 0. The summed E-state index contributed by atoms with van der Waals surface area (Å²) in [6, 6.07) is 19.3. The summed E-state index contributed by atoms with van der Waals surface area (Å²) in [4.78, 5) is 14.7. The first-order valence-corrected chi connectivity index (χ1v) is 9.25.